The van der Waals surface area contributed by atoms with E-state index in [9.17, 15) is 4.79 Å². The Bertz CT molecular complexity index is 359. The van der Waals surface area contributed by atoms with Crippen LogP contribution in [0, 0.1) is 29.1 Å². The van der Waals surface area contributed by atoms with Crippen LogP contribution in [0.5, 0.6) is 0 Å². The highest BCUT2D eigenvalue weighted by Crippen LogP contribution is 2.45. The van der Waals surface area contributed by atoms with Gasteiger partial charge in [-0.2, -0.15) is 0 Å². The second-order valence-electron chi connectivity index (χ2n) is 8.64. The number of carbonyl (C=O) groups is 1. The lowest BCUT2D eigenvalue weighted by Crippen LogP contribution is -2.53. The molecule has 5 unspecified atom stereocenters. The molecule has 1 N–H and O–H groups in total. The van der Waals surface area contributed by atoms with Gasteiger partial charge < -0.3 is 5.32 Å². The Hall–Kier alpha value is -0.530. The number of carbonyl (C=O) groups excluding carboxylic acids is 1. The fourth-order valence-electron chi connectivity index (χ4n) is 4.76. The first-order chi connectivity index (χ1) is 9.83. The summed E-state index contributed by atoms with van der Waals surface area (Å²) in [5.74, 6) is 3.40. The first-order valence-electron chi connectivity index (χ1n) is 9.14. The minimum Gasteiger partial charge on any atom is -0.352 e. The Morgan fingerprint density at radius 2 is 1.86 bits per heavy atom. The van der Waals surface area contributed by atoms with Crippen molar-refractivity contribution in [2.75, 3.05) is 0 Å². The average molecular weight is 293 g/mol. The van der Waals surface area contributed by atoms with Crippen LogP contribution in [0.25, 0.3) is 0 Å². The predicted molar refractivity (Wildman–Crippen MR) is 89.0 cm³/mol. The average Bonchev–Trinajstić information content (AvgIpc) is 2.40. The van der Waals surface area contributed by atoms with Crippen molar-refractivity contribution in [3.8, 4) is 0 Å². The first kappa shape index (κ1) is 16.8. The molecule has 1 amide bonds. The molecule has 2 aliphatic rings. The van der Waals surface area contributed by atoms with Crippen molar-refractivity contribution in [1.82, 2.24) is 5.32 Å². The third kappa shape index (κ3) is 4.02. The summed E-state index contributed by atoms with van der Waals surface area (Å²) >= 11 is 0. The molecule has 2 aliphatic carbocycles. The maximum atomic E-state index is 12.7. The summed E-state index contributed by atoms with van der Waals surface area (Å²) < 4.78 is 0. The molecule has 0 aromatic carbocycles. The van der Waals surface area contributed by atoms with E-state index in [1.54, 1.807) is 0 Å². The van der Waals surface area contributed by atoms with Gasteiger partial charge in [-0.3, -0.25) is 4.79 Å². The van der Waals surface area contributed by atoms with Gasteiger partial charge in [0, 0.05) is 11.5 Å². The minimum absolute atomic E-state index is 0.215. The van der Waals surface area contributed by atoms with E-state index in [1.807, 2.05) is 0 Å². The van der Waals surface area contributed by atoms with E-state index < -0.39 is 0 Å². The van der Waals surface area contributed by atoms with E-state index in [0.717, 1.165) is 24.7 Å². The summed E-state index contributed by atoms with van der Waals surface area (Å²) in [5.41, 5.74) is -0.215. The van der Waals surface area contributed by atoms with Crippen LogP contribution in [-0.2, 0) is 4.79 Å². The van der Waals surface area contributed by atoms with Crippen molar-refractivity contribution in [1.29, 1.82) is 0 Å². The Kier molecular flexibility index (Phi) is 5.38. The van der Waals surface area contributed by atoms with Crippen molar-refractivity contribution < 1.29 is 4.79 Å². The van der Waals surface area contributed by atoms with Crippen LogP contribution < -0.4 is 5.32 Å². The lowest BCUT2D eigenvalue weighted by Gasteiger charge is -2.47. The predicted octanol–water partition coefficient (Wildman–Crippen LogP) is 4.78. The van der Waals surface area contributed by atoms with Gasteiger partial charge in [-0.05, 0) is 55.8 Å². The van der Waals surface area contributed by atoms with E-state index in [-0.39, 0.29) is 11.3 Å². The third-order valence-electron chi connectivity index (χ3n) is 5.97. The van der Waals surface area contributed by atoms with Crippen LogP contribution in [0.4, 0.5) is 0 Å². The van der Waals surface area contributed by atoms with E-state index in [0.29, 0.717) is 17.9 Å². The summed E-state index contributed by atoms with van der Waals surface area (Å²) in [5, 5.41) is 3.45. The number of rotatable bonds is 5. The SMILES string of the molecule is CCCCC(C)(C)C(=O)NC1C(C)CC2CC(C)CC1C2. The van der Waals surface area contributed by atoms with E-state index in [4.69, 9.17) is 0 Å². The molecule has 5 atom stereocenters. The Morgan fingerprint density at radius 1 is 1.14 bits per heavy atom. The number of nitrogens with one attached hydrogen (secondary N) is 1. The van der Waals surface area contributed by atoms with Gasteiger partial charge in [-0.1, -0.05) is 47.5 Å². The number of fused-ring (bicyclic) bond motifs is 2. The highest BCUT2D eigenvalue weighted by atomic mass is 16.2. The fraction of sp³-hybridized carbons (Fsp3) is 0.947. The van der Waals surface area contributed by atoms with Gasteiger partial charge in [0.05, 0.1) is 0 Å². The molecule has 2 saturated carbocycles. The van der Waals surface area contributed by atoms with Crippen molar-refractivity contribution in [3.05, 3.63) is 0 Å². The molecular formula is C19H35NO. The van der Waals surface area contributed by atoms with Crippen molar-refractivity contribution >= 4 is 5.91 Å². The van der Waals surface area contributed by atoms with E-state index in [2.05, 4.69) is 39.9 Å². The zero-order valence-corrected chi connectivity index (χ0v) is 14.7. The van der Waals surface area contributed by atoms with Gasteiger partial charge in [0.1, 0.15) is 0 Å². The normalized spacial score (nSPS) is 36.3. The summed E-state index contributed by atoms with van der Waals surface area (Å²) in [6.07, 6.45) is 8.67. The van der Waals surface area contributed by atoms with Gasteiger partial charge in [-0.25, -0.2) is 0 Å². The molecule has 2 rings (SSSR count). The van der Waals surface area contributed by atoms with E-state index >= 15 is 0 Å². The number of hydrogen-bond acceptors (Lipinski definition) is 1. The second-order valence-corrected chi connectivity index (χ2v) is 8.64. The number of amides is 1. The van der Waals surface area contributed by atoms with Crippen molar-refractivity contribution in [2.24, 2.45) is 29.1 Å². The first-order valence-corrected chi connectivity index (χ1v) is 9.14. The van der Waals surface area contributed by atoms with Gasteiger partial charge in [-0.15, -0.1) is 0 Å². The molecule has 21 heavy (non-hydrogen) atoms. The highest BCUT2D eigenvalue weighted by Gasteiger charge is 2.41. The lowest BCUT2D eigenvalue weighted by molar-refractivity contribution is -0.132. The zero-order chi connectivity index (χ0) is 15.6. The third-order valence-corrected chi connectivity index (χ3v) is 5.97. The quantitative estimate of drug-likeness (QED) is 0.776. The summed E-state index contributed by atoms with van der Waals surface area (Å²) in [6.45, 7) is 11.1. The van der Waals surface area contributed by atoms with Crippen LogP contribution >= 0.6 is 0 Å². The molecule has 0 aromatic rings. The van der Waals surface area contributed by atoms with Crippen LogP contribution in [0.2, 0.25) is 0 Å². The van der Waals surface area contributed by atoms with Crippen LogP contribution in [0.15, 0.2) is 0 Å². The van der Waals surface area contributed by atoms with Gasteiger partial charge in [0.2, 0.25) is 5.91 Å². The molecular weight excluding hydrogens is 258 g/mol. The highest BCUT2D eigenvalue weighted by molar-refractivity contribution is 5.82. The number of hydrogen-bond donors (Lipinski definition) is 1. The summed E-state index contributed by atoms with van der Waals surface area (Å²) in [7, 11) is 0. The standard InChI is InChI=1S/C19H35NO/c1-6-7-8-19(4,5)18(21)20-17-14(3)11-15-9-13(2)10-16(17)12-15/h13-17H,6-12H2,1-5H3,(H,20,21). The largest absolute Gasteiger partial charge is 0.352 e. The topological polar surface area (TPSA) is 29.1 Å². The van der Waals surface area contributed by atoms with Crippen LogP contribution in [-0.4, -0.2) is 11.9 Å². The van der Waals surface area contributed by atoms with Gasteiger partial charge in [0.25, 0.3) is 0 Å². The molecule has 0 aromatic heterocycles. The fourth-order valence-corrected chi connectivity index (χ4v) is 4.76. The van der Waals surface area contributed by atoms with Gasteiger partial charge >= 0.3 is 0 Å². The Balaban J connectivity index is 1.98. The molecule has 122 valence electrons. The maximum Gasteiger partial charge on any atom is 0.225 e. The molecule has 0 heterocycles. The zero-order valence-electron chi connectivity index (χ0n) is 14.7. The Labute approximate surface area is 131 Å². The van der Waals surface area contributed by atoms with Crippen LogP contribution in [0.1, 0.15) is 79.6 Å². The molecule has 2 nitrogen and oxygen atoms in total. The maximum absolute atomic E-state index is 12.7. The molecule has 0 spiro atoms. The lowest BCUT2D eigenvalue weighted by atomic mass is 9.63. The molecule has 2 fully saturated rings. The smallest absolute Gasteiger partial charge is 0.225 e. The summed E-state index contributed by atoms with van der Waals surface area (Å²) in [6, 6.07) is 0.414. The molecule has 2 heteroatoms. The Morgan fingerprint density at radius 3 is 2.52 bits per heavy atom. The minimum atomic E-state index is -0.215. The molecule has 0 radical (unpaired) electrons. The van der Waals surface area contributed by atoms with Crippen molar-refractivity contribution in [2.45, 2.75) is 85.6 Å². The van der Waals surface area contributed by atoms with Gasteiger partial charge in [0.15, 0.2) is 0 Å². The number of unbranched alkanes of at least 4 members (excludes halogenated alkanes) is 1. The second kappa shape index (κ2) is 6.71. The van der Waals surface area contributed by atoms with Crippen LogP contribution in [0.3, 0.4) is 0 Å². The van der Waals surface area contributed by atoms with Crippen molar-refractivity contribution in [3.63, 3.8) is 0 Å². The molecule has 2 bridgehead atoms. The monoisotopic (exact) mass is 293 g/mol. The van der Waals surface area contributed by atoms with E-state index in [1.165, 1.54) is 32.1 Å². The molecule has 0 saturated heterocycles. The molecule has 0 aliphatic heterocycles. The summed E-state index contributed by atoms with van der Waals surface area (Å²) in [4.78, 5) is 12.7.